The minimum atomic E-state index is -0.428. The Morgan fingerprint density at radius 2 is 2.10 bits per heavy atom. The van der Waals surface area contributed by atoms with Crippen LogP contribution in [0.3, 0.4) is 0 Å². The Bertz CT molecular complexity index is 575. The van der Waals surface area contributed by atoms with Crippen molar-refractivity contribution in [1.82, 2.24) is 0 Å². The van der Waals surface area contributed by atoms with E-state index in [0.717, 1.165) is 18.2 Å². The second-order valence-corrected chi connectivity index (χ2v) is 6.15. The topological polar surface area (TPSA) is 46.6 Å². The first-order valence-corrected chi connectivity index (χ1v) is 7.83. The zero-order valence-corrected chi connectivity index (χ0v) is 12.9. The molecule has 1 aliphatic carbocycles. The summed E-state index contributed by atoms with van der Waals surface area (Å²) in [6.45, 7) is 0.613. The summed E-state index contributed by atoms with van der Waals surface area (Å²) >= 11 is 3.55. The Morgan fingerprint density at radius 3 is 2.65 bits per heavy atom. The quantitative estimate of drug-likeness (QED) is 0.627. The molecule has 1 fully saturated rings. The van der Waals surface area contributed by atoms with Crippen molar-refractivity contribution in [2.75, 3.05) is 23.9 Å². The highest BCUT2D eigenvalue weighted by Crippen LogP contribution is 2.45. The number of rotatable bonds is 4. The molecule has 1 aliphatic heterocycles. The number of benzene rings is 1. The van der Waals surface area contributed by atoms with Crippen molar-refractivity contribution in [2.24, 2.45) is 5.41 Å². The molecule has 20 heavy (non-hydrogen) atoms. The normalized spacial score (nSPS) is 19.8. The van der Waals surface area contributed by atoms with Crippen LogP contribution in [0.4, 0.5) is 5.69 Å². The number of hydrogen-bond acceptors (Lipinski definition) is 3. The van der Waals surface area contributed by atoms with E-state index in [-0.39, 0.29) is 5.41 Å². The number of halogens is 1. The third-order valence-corrected chi connectivity index (χ3v) is 5.56. The maximum Gasteiger partial charge on any atom is 0.299 e. The molecule has 0 spiro atoms. The highest BCUT2D eigenvalue weighted by atomic mass is 79.9. The average molecular weight is 338 g/mol. The summed E-state index contributed by atoms with van der Waals surface area (Å²) in [5.74, 6) is -0.242. The largest absolute Gasteiger partial charge is 0.497 e. The summed E-state index contributed by atoms with van der Waals surface area (Å²) in [5, 5.41) is 0.865. The van der Waals surface area contributed by atoms with Crippen molar-refractivity contribution < 1.29 is 14.3 Å². The molecule has 0 atom stereocenters. The first kappa shape index (κ1) is 13.6. The number of methoxy groups -OCH3 is 1. The van der Waals surface area contributed by atoms with E-state index in [9.17, 15) is 9.59 Å². The van der Waals surface area contributed by atoms with Crippen LogP contribution in [0.1, 0.15) is 29.6 Å². The smallest absolute Gasteiger partial charge is 0.299 e. The van der Waals surface area contributed by atoms with Gasteiger partial charge in [0, 0.05) is 11.9 Å². The number of fused-ring (bicyclic) bond motifs is 1. The predicted octanol–water partition coefficient (Wildman–Crippen LogP) is 2.79. The van der Waals surface area contributed by atoms with E-state index in [4.69, 9.17) is 4.74 Å². The summed E-state index contributed by atoms with van der Waals surface area (Å²) in [6.07, 6.45) is 3.39. The fraction of sp³-hybridized carbons (Fsp3) is 0.467. The van der Waals surface area contributed by atoms with Crippen LogP contribution in [-0.4, -0.2) is 30.7 Å². The Balaban J connectivity index is 1.94. The van der Waals surface area contributed by atoms with Crippen LogP contribution in [0.15, 0.2) is 18.2 Å². The molecule has 5 heteroatoms. The summed E-state index contributed by atoms with van der Waals surface area (Å²) in [7, 11) is 1.55. The number of amides is 1. The minimum absolute atomic E-state index is 0.122. The molecule has 1 aromatic carbocycles. The molecule has 1 saturated carbocycles. The number of carbonyl (C=O) groups excluding carboxylic acids is 2. The van der Waals surface area contributed by atoms with Crippen LogP contribution in [0.2, 0.25) is 0 Å². The van der Waals surface area contributed by atoms with Crippen molar-refractivity contribution in [3.05, 3.63) is 23.8 Å². The summed E-state index contributed by atoms with van der Waals surface area (Å²) in [4.78, 5) is 25.9. The zero-order chi connectivity index (χ0) is 14.3. The lowest BCUT2D eigenvalue weighted by Crippen LogP contribution is -2.45. The van der Waals surface area contributed by atoms with Gasteiger partial charge >= 0.3 is 0 Å². The van der Waals surface area contributed by atoms with Crippen LogP contribution in [0.5, 0.6) is 5.75 Å². The summed E-state index contributed by atoms with van der Waals surface area (Å²) < 4.78 is 5.12. The number of ketones is 1. The van der Waals surface area contributed by atoms with Crippen molar-refractivity contribution >= 4 is 33.3 Å². The van der Waals surface area contributed by atoms with Gasteiger partial charge < -0.3 is 9.64 Å². The molecule has 1 aromatic rings. The molecule has 0 saturated heterocycles. The maximum absolute atomic E-state index is 12.2. The van der Waals surface area contributed by atoms with E-state index < -0.39 is 11.7 Å². The molecule has 0 bridgehead atoms. The van der Waals surface area contributed by atoms with Gasteiger partial charge in [0.1, 0.15) is 5.75 Å². The second-order valence-electron chi connectivity index (χ2n) is 5.59. The van der Waals surface area contributed by atoms with E-state index in [1.165, 1.54) is 6.42 Å². The van der Waals surface area contributed by atoms with Crippen LogP contribution in [-0.2, 0) is 4.79 Å². The zero-order valence-electron chi connectivity index (χ0n) is 11.3. The van der Waals surface area contributed by atoms with Gasteiger partial charge in [0.05, 0.1) is 18.4 Å². The van der Waals surface area contributed by atoms with Gasteiger partial charge in [-0.1, -0.05) is 22.4 Å². The number of anilines is 1. The van der Waals surface area contributed by atoms with Crippen molar-refractivity contribution in [1.29, 1.82) is 0 Å². The van der Waals surface area contributed by atoms with Gasteiger partial charge in [-0.3, -0.25) is 9.59 Å². The van der Waals surface area contributed by atoms with Crippen LogP contribution in [0.25, 0.3) is 0 Å². The van der Waals surface area contributed by atoms with Crippen LogP contribution >= 0.6 is 15.9 Å². The number of carbonyl (C=O) groups is 2. The molecular formula is C15H16BrNO3. The number of Topliss-reactive ketones (excluding diaryl/α,β-unsaturated/α-hetero) is 1. The summed E-state index contributed by atoms with van der Waals surface area (Å²) in [5.41, 5.74) is 1.30. The first-order chi connectivity index (χ1) is 9.60. The van der Waals surface area contributed by atoms with E-state index >= 15 is 0 Å². The predicted molar refractivity (Wildman–Crippen MR) is 79.8 cm³/mol. The molecule has 0 unspecified atom stereocenters. The second kappa shape index (κ2) is 4.88. The molecule has 0 aromatic heterocycles. The fourth-order valence-electron chi connectivity index (χ4n) is 2.91. The monoisotopic (exact) mass is 337 g/mol. The van der Waals surface area contributed by atoms with Crippen molar-refractivity contribution in [3.8, 4) is 5.75 Å². The molecule has 0 N–H and O–H groups in total. The SMILES string of the molecule is COc1ccc2c(c1)C(=O)C(=O)N2CC1(CBr)CCC1. The van der Waals surface area contributed by atoms with Crippen LogP contribution in [0, 0.1) is 5.41 Å². The third kappa shape index (κ3) is 1.95. The van der Waals surface area contributed by atoms with E-state index in [1.807, 2.05) is 0 Å². The molecule has 106 valence electrons. The highest BCUT2D eigenvalue weighted by Gasteiger charge is 2.44. The first-order valence-electron chi connectivity index (χ1n) is 6.70. The van der Waals surface area contributed by atoms with Gasteiger partial charge in [0.2, 0.25) is 0 Å². The molecule has 2 aliphatic rings. The number of nitrogens with zero attached hydrogens (tertiary/aromatic N) is 1. The third-order valence-electron chi connectivity index (χ3n) is 4.37. The van der Waals surface area contributed by atoms with Gasteiger partial charge in [-0.25, -0.2) is 0 Å². The number of ether oxygens (including phenoxy) is 1. The average Bonchev–Trinajstić information content (AvgIpc) is 2.67. The van der Waals surface area contributed by atoms with Crippen molar-refractivity contribution in [3.63, 3.8) is 0 Å². The molecular weight excluding hydrogens is 322 g/mol. The lowest BCUT2D eigenvalue weighted by atomic mass is 9.70. The van der Waals surface area contributed by atoms with Gasteiger partial charge in [-0.2, -0.15) is 0 Å². The van der Waals surface area contributed by atoms with Crippen LogP contribution < -0.4 is 9.64 Å². The van der Waals surface area contributed by atoms with Gasteiger partial charge in [0.25, 0.3) is 11.7 Å². The van der Waals surface area contributed by atoms with Gasteiger partial charge in [0.15, 0.2) is 0 Å². The maximum atomic E-state index is 12.2. The Morgan fingerprint density at radius 1 is 1.35 bits per heavy atom. The standard InChI is InChI=1S/C15H16BrNO3/c1-20-10-3-4-12-11(7-10)13(18)14(19)17(12)9-15(8-16)5-2-6-15/h3-4,7H,2,5-6,8-9H2,1H3. The van der Waals surface area contributed by atoms with E-state index in [2.05, 4.69) is 15.9 Å². The van der Waals surface area contributed by atoms with Crippen molar-refractivity contribution in [2.45, 2.75) is 19.3 Å². The number of hydrogen-bond donors (Lipinski definition) is 0. The fourth-order valence-corrected chi connectivity index (χ4v) is 3.65. The molecule has 1 heterocycles. The minimum Gasteiger partial charge on any atom is -0.497 e. The van der Waals surface area contributed by atoms with E-state index in [1.54, 1.807) is 30.2 Å². The van der Waals surface area contributed by atoms with E-state index in [0.29, 0.717) is 23.5 Å². The lowest BCUT2D eigenvalue weighted by molar-refractivity contribution is -0.114. The Labute approximate surface area is 126 Å². The Kier molecular flexibility index (Phi) is 3.32. The van der Waals surface area contributed by atoms with Gasteiger partial charge in [-0.05, 0) is 36.5 Å². The molecule has 1 amide bonds. The summed E-state index contributed by atoms with van der Waals surface area (Å²) in [6, 6.07) is 5.24. The molecule has 3 rings (SSSR count). The lowest BCUT2D eigenvalue weighted by Gasteiger charge is -2.43. The highest BCUT2D eigenvalue weighted by molar-refractivity contribution is 9.09. The molecule has 4 nitrogen and oxygen atoms in total. The molecule has 0 radical (unpaired) electrons. The van der Waals surface area contributed by atoms with Gasteiger partial charge in [-0.15, -0.1) is 0 Å². The Hall–Kier alpha value is -1.36. The number of alkyl halides is 1.